The Bertz CT molecular complexity index is 630. The van der Waals surface area contributed by atoms with Gasteiger partial charge in [-0.25, -0.2) is 8.42 Å². The summed E-state index contributed by atoms with van der Waals surface area (Å²) in [5.41, 5.74) is 6.93. The summed E-state index contributed by atoms with van der Waals surface area (Å²) in [7, 11) is -1.14. The molecule has 0 saturated carbocycles. The zero-order chi connectivity index (χ0) is 14.9. The highest BCUT2D eigenvalue weighted by Crippen LogP contribution is 2.23. The zero-order valence-electron chi connectivity index (χ0n) is 11.2. The second-order valence-corrected chi connectivity index (χ2v) is 7.34. The van der Waals surface area contributed by atoms with Gasteiger partial charge in [0.15, 0.2) is 9.84 Å². The monoisotopic (exact) mass is 299 g/mol. The fourth-order valence-corrected chi connectivity index (χ4v) is 4.17. The van der Waals surface area contributed by atoms with Gasteiger partial charge in [0.1, 0.15) is 0 Å². The van der Waals surface area contributed by atoms with Gasteiger partial charge in [0, 0.05) is 30.4 Å². The molecule has 0 bridgehead atoms. The minimum atomic E-state index is -2.95. The van der Waals surface area contributed by atoms with Gasteiger partial charge in [-0.15, -0.1) is 0 Å². The van der Waals surface area contributed by atoms with E-state index in [0.29, 0.717) is 24.2 Å². The molecule has 1 fully saturated rings. The number of nitrogen functional groups attached to an aromatic ring is 1. The molecule has 0 radical (unpaired) electrons. The van der Waals surface area contributed by atoms with Crippen molar-refractivity contribution in [3.63, 3.8) is 0 Å². The van der Waals surface area contributed by atoms with Crippen LogP contribution in [0.5, 0.6) is 0 Å². The van der Waals surface area contributed by atoms with E-state index >= 15 is 0 Å². The molecule has 1 saturated heterocycles. The van der Waals surface area contributed by atoms with Gasteiger partial charge in [0.05, 0.1) is 16.4 Å². The second-order valence-electron chi connectivity index (χ2n) is 5.11. The number of nitro groups is 1. The number of anilines is 1. The molecule has 110 valence electrons. The molecule has 0 aliphatic carbocycles. The van der Waals surface area contributed by atoms with E-state index in [1.54, 1.807) is 0 Å². The standard InChI is InChI=1S/C12H17N3O4S/c1-14(11-4-5-20(18,19)8-11)7-9-6-10(15(16)17)2-3-12(9)13/h2-3,6,11H,4-5,7-8,13H2,1H3. The van der Waals surface area contributed by atoms with E-state index in [9.17, 15) is 18.5 Å². The number of nitro benzene ring substituents is 1. The first kappa shape index (κ1) is 14.7. The molecule has 1 aliphatic rings. The molecule has 1 aliphatic heterocycles. The molecule has 1 unspecified atom stereocenters. The SMILES string of the molecule is CN(Cc1cc([N+](=O)[O-])ccc1N)C1CCS(=O)(=O)C1. The number of sulfone groups is 1. The third-order valence-corrected chi connectivity index (χ3v) is 5.34. The maximum absolute atomic E-state index is 11.5. The average molecular weight is 299 g/mol. The van der Waals surface area contributed by atoms with Gasteiger partial charge in [-0.1, -0.05) is 0 Å². The Morgan fingerprint density at radius 2 is 2.20 bits per heavy atom. The number of benzene rings is 1. The largest absolute Gasteiger partial charge is 0.398 e. The summed E-state index contributed by atoms with van der Waals surface area (Å²) >= 11 is 0. The van der Waals surface area contributed by atoms with Crippen LogP contribution in [0.15, 0.2) is 18.2 Å². The molecule has 1 atom stereocenters. The molecule has 0 amide bonds. The van der Waals surface area contributed by atoms with E-state index in [2.05, 4.69) is 0 Å². The molecule has 7 nitrogen and oxygen atoms in total. The summed E-state index contributed by atoms with van der Waals surface area (Å²) in [6, 6.07) is 4.25. The highest BCUT2D eigenvalue weighted by molar-refractivity contribution is 7.91. The molecule has 8 heteroatoms. The highest BCUT2D eigenvalue weighted by Gasteiger charge is 2.30. The Hall–Kier alpha value is -1.67. The van der Waals surface area contributed by atoms with Crippen LogP contribution in [0, 0.1) is 10.1 Å². The van der Waals surface area contributed by atoms with Crippen molar-refractivity contribution in [1.29, 1.82) is 0 Å². The van der Waals surface area contributed by atoms with Crippen LogP contribution < -0.4 is 5.73 Å². The maximum Gasteiger partial charge on any atom is 0.269 e. The quantitative estimate of drug-likeness (QED) is 0.500. The van der Waals surface area contributed by atoms with Crippen molar-refractivity contribution in [3.8, 4) is 0 Å². The number of non-ortho nitro benzene ring substituents is 1. The van der Waals surface area contributed by atoms with Crippen LogP contribution in [0.4, 0.5) is 11.4 Å². The maximum atomic E-state index is 11.5. The molecular formula is C12H17N3O4S. The average Bonchev–Trinajstić information content (AvgIpc) is 2.72. The summed E-state index contributed by atoms with van der Waals surface area (Å²) in [4.78, 5) is 12.2. The second kappa shape index (κ2) is 5.37. The molecule has 2 N–H and O–H groups in total. The first-order valence-corrected chi connectivity index (χ1v) is 8.04. The number of hydrogen-bond acceptors (Lipinski definition) is 6. The van der Waals surface area contributed by atoms with E-state index in [-0.39, 0.29) is 23.2 Å². The molecular weight excluding hydrogens is 282 g/mol. The molecule has 1 aromatic carbocycles. The van der Waals surface area contributed by atoms with E-state index in [1.165, 1.54) is 18.2 Å². The van der Waals surface area contributed by atoms with Crippen molar-refractivity contribution in [2.45, 2.75) is 19.0 Å². The van der Waals surface area contributed by atoms with E-state index < -0.39 is 14.8 Å². The highest BCUT2D eigenvalue weighted by atomic mass is 32.2. The Morgan fingerprint density at radius 1 is 1.50 bits per heavy atom. The van der Waals surface area contributed by atoms with Crippen LogP contribution in [0.2, 0.25) is 0 Å². The third-order valence-electron chi connectivity index (χ3n) is 3.59. The Balaban J connectivity index is 2.13. The summed E-state index contributed by atoms with van der Waals surface area (Å²) in [5.74, 6) is 0.338. The summed E-state index contributed by atoms with van der Waals surface area (Å²) in [6.45, 7) is 0.397. The smallest absolute Gasteiger partial charge is 0.269 e. The first-order chi connectivity index (χ1) is 9.28. The Kier molecular flexibility index (Phi) is 3.96. The van der Waals surface area contributed by atoms with Crippen LogP contribution in [0.3, 0.4) is 0 Å². The number of rotatable bonds is 4. The van der Waals surface area contributed by atoms with Crippen molar-refractivity contribution in [2.75, 3.05) is 24.3 Å². The zero-order valence-corrected chi connectivity index (χ0v) is 12.0. The predicted molar refractivity (Wildman–Crippen MR) is 76.0 cm³/mol. The number of nitrogens with zero attached hydrogens (tertiary/aromatic N) is 2. The Labute approximate surface area is 117 Å². The van der Waals surface area contributed by atoms with Gasteiger partial charge in [-0.2, -0.15) is 0 Å². The van der Waals surface area contributed by atoms with Crippen LogP contribution in [-0.2, 0) is 16.4 Å². The van der Waals surface area contributed by atoms with Crippen molar-refractivity contribution in [1.82, 2.24) is 4.90 Å². The summed E-state index contributed by atoms with van der Waals surface area (Å²) in [6.07, 6.45) is 0.591. The van der Waals surface area contributed by atoms with Crippen molar-refractivity contribution in [2.24, 2.45) is 0 Å². The van der Waals surface area contributed by atoms with Gasteiger partial charge in [-0.3, -0.25) is 15.0 Å². The normalized spacial score (nSPS) is 21.2. The molecule has 0 aromatic heterocycles. The number of nitrogens with two attached hydrogens (primary N) is 1. The minimum absolute atomic E-state index is 0.0124. The van der Waals surface area contributed by atoms with Gasteiger partial charge < -0.3 is 5.73 Å². The lowest BCUT2D eigenvalue weighted by atomic mass is 10.1. The van der Waals surface area contributed by atoms with E-state index in [1.807, 2.05) is 11.9 Å². The summed E-state index contributed by atoms with van der Waals surface area (Å²) < 4.78 is 22.9. The van der Waals surface area contributed by atoms with E-state index in [4.69, 9.17) is 5.73 Å². The summed E-state index contributed by atoms with van der Waals surface area (Å²) in [5, 5.41) is 10.8. The third kappa shape index (κ3) is 3.26. The van der Waals surface area contributed by atoms with Gasteiger partial charge in [0.2, 0.25) is 0 Å². The van der Waals surface area contributed by atoms with Crippen molar-refractivity contribution in [3.05, 3.63) is 33.9 Å². The van der Waals surface area contributed by atoms with Gasteiger partial charge in [-0.05, 0) is 25.1 Å². The van der Waals surface area contributed by atoms with Crippen LogP contribution in [0.1, 0.15) is 12.0 Å². The molecule has 20 heavy (non-hydrogen) atoms. The van der Waals surface area contributed by atoms with Crippen LogP contribution in [-0.4, -0.2) is 42.8 Å². The van der Waals surface area contributed by atoms with Gasteiger partial charge >= 0.3 is 0 Å². The fourth-order valence-electron chi connectivity index (χ4n) is 2.36. The molecule has 1 heterocycles. The lowest BCUT2D eigenvalue weighted by Gasteiger charge is -2.23. The first-order valence-electron chi connectivity index (χ1n) is 6.22. The van der Waals surface area contributed by atoms with Crippen LogP contribution >= 0.6 is 0 Å². The number of hydrogen-bond donors (Lipinski definition) is 1. The lowest BCUT2D eigenvalue weighted by molar-refractivity contribution is -0.384. The molecule has 1 aromatic rings. The predicted octanol–water partition coefficient (Wildman–Crippen LogP) is 0.796. The topological polar surface area (TPSA) is 107 Å². The van der Waals surface area contributed by atoms with Crippen molar-refractivity contribution < 1.29 is 13.3 Å². The van der Waals surface area contributed by atoms with Gasteiger partial charge in [0.25, 0.3) is 5.69 Å². The van der Waals surface area contributed by atoms with E-state index in [0.717, 1.165) is 0 Å². The van der Waals surface area contributed by atoms with Crippen LogP contribution in [0.25, 0.3) is 0 Å². The minimum Gasteiger partial charge on any atom is -0.398 e. The lowest BCUT2D eigenvalue weighted by Crippen LogP contribution is -2.32. The fraction of sp³-hybridized carbons (Fsp3) is 0.500. The molecule has 2 rings (SSSR count). The Morgan fingerprint density at radius 3 is 2.75 bits per heavy atom. The van der Waals surface area contributed by atoms with Crippen molar-refractivity contribution >= 4 is 21.2 Å². The molecule has 0 spiro atoms.